The molecular formula is C9H7Cl2Hf. The van der Waals surface area contributed by atoms with Crippen molar-refractivity contribution in [3.05, 3.63) is 41.5 Å². The minimum absolute atomic E-state index is 0. The van der Waals surface area contributed by atoms with Crippen LogP contribution < -0.4 is 24.8 Å². The van der Waals surface area contributed by atoms with Crippen LogP contribution in [-0.4, -0.2) is 0 Å². The summed E-state index contributed by atoms with van der Waals surface area (Å²) >= 11 is 1.24. The molecule has 1 atom stereocenters. The fourth-order valence-corrected chi connectivity index (χ4v) is 2.54. The van der Waals surface area contributed by atoms with E-state index in [0.29, 0.717) is 0 Å². The Bertz CT molecular complexity index is 284. The molecule has 1 aromatic rings. The number of benzene rings is 1. The Hall–Kier alpha value is 0.410. The molecule has 0 nitrogen and oxygen atoms in total. The van der Waals surface area contributed by atoms with Gasteiger partial charge in [-0.3, -0.25) is 0 Å². The Balaban J connectivity index is 0.000000605. The van der Waals surface area contributed by atoms with Crippen LogP contribution in [0.1, 0.15) is 14.8 Å². The van der Waals surface area contributed by atoms with E-state index in [1.807, 2.05) is 0 Å². The predicted octanol–water partition coefficient (Wildman–Crippen LogP) is -3.69. The van der Waals surface area contributed by atoms with Gasteiger partial charge < -0.3 is 24.8 Å². The first-order valence-corrected chi connectivity index (χ1v) is 5.43. The maximum absolute atomic E-state index is 2.30. The number of halogens is 2. The molecule has 0 fully saturated rings. The van der Waals surface area contributed by atoms with Crippen molar-refractivity contribution in [2.24, 2.45) is 0 Å². The van der Waals surface area contributed by atoms with Crippen LogP contribution in [0.3, 0.4) is 0 Å². The monoisotopic (exact) mass is 365 g/mol. The van der Waals surface area contributed by atoms with Crippen LogP contribution in [0.15, 0.2) is 30.3 Å². The second kappa shape index (κ2) is 5.21. The van der Waals surface area contributed by atoms with E-state index in [0.717, 1.165) is 3.67 Å². The van der Waals surface area contributed by atoms with E-state index in [9.17, 15) is 0 Å². The molecule has 0 saturated heterocycles. The summed E-state index contributed by atoms with van der Waals surface area (Å²) in [6, 6.07) is 8.64. The first-order valence-electron chi connectivity index (χ1n) is 3.36. The van der Waals surface area contributed by atoms with Crippen LogP contribution in [0, 0.1) is 0 Å². The Morgan fingerprint density at radius 2 is 1.75 bits per heavy atom. The van der Waals surface area contributed by atoms with Crippen LogP contribution in [0.2, 0.25) is 0 Å². The molecule has 0 aliphatic heterocycles. The second-order valence-corrected chi connectivity index (χ2v) is 4.70. The first kappa shape index (κ1) is 12.4. The molecular weight excluding hydrogens is 357 g/mol. The van der Waals surface area contributed by atoms with Crippen molar-refractivity contribution in [3.63, 3.8) is 0 Å². The van der Waals surface area contributed by atoms with Crippen molar-refractivity contribution in [2.45, 2.75) is 3.67 Å². The number of hydrogen-bond donors (Lipinski definition) is 0. The van der Waals surface area contributed by atoms with E-state index in [2.05, 4.69) is 36.4 Å². The van der Waals surface area contributed by atoms with Gasteiger partial charge in [0, 0.05) is 0 Å². The Morgan fingerprint density at radius 1 is 1.08 bits per heavy atom. The standard InChI is InChI=1S/C9H7.2ClH.Hf/c1-2-5-9-7-3-6-8(9)4-1;;;/h1-7H;2*1H;/q;;;+2/p-2. The van der Waals surface area contributed by atoms with E-state index >= 15 is 0 Å². The van der Waals surface area contributed by atoms with Gasteiger partial charge in [-0.1, -0.05) is 0 Å². The third-order valence-electron chi connectivity index (χ3n) is 1.80. The number of rotatable bonds is 0. The Kier molecular flexibility index (Phi) is 5.38. The molecule has 0 radical (unpaired) electrons. The molecule has 0 bridgehead atoms. The van der Waals surface area contributed by atoms with Gasteiger partial charge in [0.25, 0.3) is 0 Å². The molecule has 1 aliphatic rings. The van der Waals surface area contributed by atoms with Crippen molar-refractivity contribution < 1.29 is 49.2 Å². The maximum atomic E-state index is 2.30. The van der Waals surface area contributed by atoms with Gasteiger partial charge in [-0.25, -0.2) is 0 Å². The van der Waals surface area contributed by atoms with Gasteiger partial charge in [-0.05, 0) is 0 Å². The zero-order chi connectivity index (χ0) is 6.97. The summed E-state index contributed by atoms with van der Waals surface area (Å²) in [4.78, 5) is 0. The molecule has 3 heteroatoms. The summed E-state index contributed by atoms with van der Waals surface area (Å²) < 4.78 is 0.760. The normalized spacial score (nSPS) is 17.7. The van der Waals surface area contributed by atoms with Crippen LogP contribution >= 0.6 is 0 Å². The minimum atomic E-state index is 0. The first-order chi connectivity index (χ1) is 4.88. The summed E-state index contributed by atoms with van der Waals surface area (Å²) in [5.74, 6) is 0. The summed E-state index contributed by atoms with van der Waals surface area (Å²) in [6.07, 6.45) is 4.53. The molecule has 0 spiro atoms. The molecule has 1 aromatic carbocycles. The van der Waals surface area contributed by atoms with Crippen LogP contribution in [0.5, 0.6) is 0 Å². The summed E-state index contributed by atoms with van der Waals surface area (Å²) in [5, 5.41) is 0. The number of hydrogen-bond acceptors (Lipinski definition) is 0. The van der Waals surface area contributed by atoms with E-state index in [-0.39, 0.29) is 24.8 Å². The summed E-state index contributed by atoms with van der Waals surface area (Å²) in [5.41, 5.74) is 2.94. The van der Waals surface area contributed by atoms with Gasteiger partial charge in [-0.15, -0.1) is 0 Å². The van der Waals surface area contributed by atoms with Crippen molar-refractivity contribution in [1.82, 2.24) is 0 Å². The van der Waals surface area contributed by atoms with Crippen molar-refractivity contribution >= 4 is 6.08 Å². The van der Waals surface area contributed by atoms with Crippen molar-refractivity contribution in [2.75, 3.05) is 0 Å². The molecule has 61 valence electrons. The summed E-state index contributed by atoms with van der Waals surface area (Å²) in [6.45, 7) is 0. The van der Waals surface area contributed by atoms with E-state index in [1.165, 1.54) is 35.5 Å². The van der Waals surface area contributed by atoms with Crippen LogP contribution in [0.25, 0.3) is 6.08 Å². The van der Waals surface area contributed by atoms with Gasteiger partial charge in [-0.2, -0.15) is 0 Å². The molecule has 0 aromatic heterocycles. The third-order valence-corrected chi connectivity index (χ3v) is 3.61. The van der Waals surface area contributed by atoms with E-state index < -0.39 is 0 Å². The zero-order valence-electron chi connectivity index (χ0n) is 6.30. The zero-order valence-corrected chi connectivity index (χ0v) is 11.4. The van der Waals surface area contributed by atoms with Crippen molar-refractivity contribution in [1.29, 1.82) is 0 Å². The number of allylic oxidation sites excluding steroid dienone is 1. The average molecular weight is 365 g/mol. The number of fused-ring (bicyclic) bond motifs is 1. The van der Waals surface area contributed by atoms with Gasteiger partial charge >= 0.3 is 75.6 Å². The molecule has 2 rings (SSSR count). The SMILES string of the molecule is [Cl-].[Cl-].[Hf+2][CH]1C=Cc2ccccc21. The van der Waals surface area contributed by atoms with Crippen LogP contribution in [0.4, 0.5) is 0 Å². The van der Waals surface area contributed by atoms with Gasteiger partial charge in [0.1, 0.15) is 0 Å². The fraction of sp³-hybridized carbons (Fsp3) is 0.111. The van der Waals surface area contributed by atoms with E-state index in [4.69, 9.17) is 0 Å². The molecule has 0 N–H and O–H groups in total. The topological polar surface area (TPSA) is 0 Å². The molecule has 0 amide bonds. The molecule has 0 heterocycles. The third kappa shape index (κ3) is 2.21. The molecule has 0 saturated carbocycles. The Labute approximate surface area is 99.8 Å². The Morgan fingerprint density at radius 3 is 2.42 bits per heavy atom. The van der Waals surface area contributed by atoms with Crippen LogP contribution in [-0.2, 0) is 24.4 Å². The van der Waals surface area contributed by atoms with E-state index in [1.54, 1.807) is 0 Å². The van der Waals surface area contributed by atoms with Gasteiger partial charge in [0.2, 0.25) is 0 Å². The molecule has 1 unspecified atom stereocenters. The molecule has 12 heavy (non-hydrogen) atoms. The van der Waals surface area contributed by atoms with Gasteiger partial charge in [0.15, 0.2) is 0 Å². The predicted molar refractivity (Wildman–Crippen MR) is 38.2 cm³/mol. The second-order valence-electron chi connectivity index (χ2n) is 2.47. The summed E-state index contributed by atoms with van der Waals surface area (Å²) in [7, 11) is 0. The van der Waals surface area contributed by atoms with Gasteiger partial charge in [0.05, 0.1) is 0 Å². The van der Waals surface area contributed by atoms with Crippen molar-refractivity contribution in [3.8, 4) is 0 Å². The average Bonchev–Trinajstić information content (AvgIpc) is 2.34. The fourth-order valence-electron chi connectivity index (χ4n) is 1.25. The molecule has 1 aliphatic carbocycles. The quantitative estimate of drug-likeness (QED) is 0.416.